The number of hydrogen-bond donors (Lipinski definition) is 1. The SMILES string of the molecule is COCOC[C@@]1(CO[Si](c2ccccc2)(c2ccccc2)C(C)(C)C)N(C)C(=O)[C@H](C)[C@@]1(O)[C@H](C[C@@H](C)COC(C)=O)OC. The number of amides is 1. The van der Waals surface area contributed by atoms with Gasteiger partial charge in [0.1, 0.15) is 17.9 Å². The number of likely N-dealkylation sites (N-methyl/N-ethyl adjacent to an activating group) is 1. The Morgan fingerprint density at radius 3 is 2.02 bits per heavy atom. The van der Waals surface area contributed by atoms with Crippen molar-refractivity contribution in [2.24, 2.45) is 11.8 Å². The van der Waals surface area contributed by atoms with E-state index in [1.54, 1.807) is 18.9 Å². The Morgan fingerprint density at radius 2 is 1.57 bits per heavy atom. The lowest BCUT2D eigenvalue weighted by Crippen LogP contribution is -2.73. The van der Waals surface area contributed by atoms with E-state index in [0.29, 0.717) is 6.42 Å². The molecular formula is C34H51NO8Si. The number of carbonyl (C=O) groups is 2. The van der Waals surface area contributed by atoms with Gasteiger partial charge in [-0.1, -0.05) is 95.3 Å². The molecule has 1 fully saturated rings. The molecule has 0 radical (unpaired) electrons. The van der Waals surface area contributed by atoms with Crippen LogP contribution in [0.25, 0.3) is 0 Å². The summed E-state index contributed by atoms with van der Waals surface area (Å²) in [6.45, 7) is 11.6. The smallest absolute Gasteiger partial charge is 0.302 e. The number of hydrogen-bond acceptors (Lipinski definition) is 8. The molecule has 1 heterocycles. The lowest BCUT2D eigenvalue weighted by Gasteiger charge is -2.52. The van der Waals surface area contributed by atoms with Crippen LogP contribution >= 0.6 is 0 Å². The van der Waals surface area contributed by atoms with Crippen LogP contribution in [0, 0.1) is 11.8 Å². The summed E-state index contributed by atoms with van der Waals surface area (Å²) in [5.74, 6) is -1.62. The van der Waals surface area contributed by atoms with Crippen molar-refractivity contribution in [2.45, 2.75) is 70.2 Å². The average Bonchev–Trinajstić information content (AvgIpc) is 3.13. The maximum atomic E-state index is 13.9. The fourth-order valence-electron chi connectivity index (χ4n) is 6.84. The third kappa shape index (κ3) is 6.66. The maximum absolute atomic E-state index is 13.9. The van der Waals surface area contributed by atoms with Gasteiger partial charge in [-0.3, -0.25) is 9.59 Å². The zero-order valence-electron chi connectivity index (χ0n) is 27.8. The summed E-state index contributed by atoms with van der Waals surface area (Å²) < 4.78 is 29.9. The van der Waals surface area contributed by atoms with Crippen LogP contribution in [0.15, 0.2) is 60.7 Å². The monoisotopic (exact) mass is 629 g/mol. The molecule has 10 heteroatoms. The molecule has 1 amide bonds. The molecule has 0 bridgehead atoms. The lowest BCUT2D eigenvalue weighted by atomic mass is 9.70. The predicted octanol–water partition coefficient (Wildman–Crippen LogP) is 3.37. The van der Waals surface area contributed by atoms with E-state index in [4.69, 9.17) is 23.4 Å². The van der Waals surface area contributed by atoms with Crippen LogP contribution in [0.2, 0.25) is 5.04 Å². The molecule has 0 aliphatic carbocycles. The molecule has 244 valence electrons. The molecule has 1 N–H and O–H groups in total. The Balaban J connectivity index is 2.21. The van der Waals surface area contributed by atoms with Gasteiger partial charge in [-0.2, -0.15) is 0 Å². The van der Waals surface area contributed by atoms with Gasteiger partial charge in [0.05, 0.1) is 31.8 Å². The van der Waals surface area contributed by atoms with Crippen molar-refractivity contribution >= 4 is 30.6 Å². The molecule has 1 aliphatic rings. The van der Waals surface area contributed by atoms with Crippen molar-refractivity contribution in [1.82, 2.24) is 4.90 Å². The average molecular weight is 630 g/mol. The number of carbonyl (C=O) groups excluding carboxylic acids is 2. The van der Waals surface area contributed by atoms with E-state index in [1.165, 1.54) is 21.1 Å². The Morgan fingerprint density at radius 1 is 1.02 bits per heavy atom. The molecule has 3 rings (SSSR count). The first kappa shape index (κ1) is 35.9. The van der Waals surface area contributed by atoms with E-state index in [1.807, 2.05) is 43.3 Å². The van der Waals surface area contributed by atoms with Gasteiger partial charge in [-0.15, -0.1) is 0 Å². The van der Waals surface area contributed by atoms with E-state index in [9.17, 15) is 14.7 Å². The van der Waals surface area contributed by atoms with Gasteiger partial charge in [0, 0.05) is 28.2 Å². The molecule has 44 heavy (non-hydrogen) atoms. The Hall–Kier alpha value is -2.60. The number of likely N-dealkylation sites (tertiary alicyclic amines) is 1. The van der Waals surface area contributed by atoms with Crippen molar-refractivity contribution in [3.63, 3.8) is 0 Å². The third-order valence-electron chi connectivity index (χ3n) is 9.20. The molecule has 1 aliphatic heterocycles. The van der Waals surface area contributed by atoms with Gasteiger partial charge < -0.3 is 33.4 Å². The fourth-order valence-corrected chi connectivity index (χ4v) is 11.4. The number of esters is 1. The summed E-state index contributed by atoms with van der Waals surface area (Å²) in [4.78, 5) is 26.9. The molecule has 2 aromatic carbocycles. The van der Waals surface area contributed by atoms with Crippen LogP contribution in [0.5, 0.6) is 0 Å². The summed E-state index contributed by atoms with van der Waals surface area (Å²) in [6.07, 6.45) is -0.484. The number of rotatable bonds is 15. The zero-order chi connectivity index (χ0) is 32.8. The van der Waals surface area contributed by atoms with E-state index < -0.39 is 31.5 Å². The number of methoxy groups -OCH3 is 2. The first-order chi connectivity index (χ1) is 20.7. The van der Waals surface area contributed by atoms with Crippen LogP contribution in [0.3, 0.4) is 0 Å². The second kappa shape index (κ2) is 14.7. The van der Waals surface area contributed by atoms with Crippen LogP contribution in [-0.2, 0) is 33.0 Å². The highest BCUT2D eigenvalue weighted by molar-refractivity contribution is 6.99. The first-order valence-electron chi connectivity index (χ1n) is 15.2. The molecule has 5 atom stereocenters. The van der Waals surface area contributed by atoms with Gasteiger partial charge in [-0.25, -0.2) is 0 Å². The minimum Gasteiger partial charge on any atom is -0.466 e. The number of ether oxygens (including phenoxy) is 4. The van der Waals surface area contributed by atoms with E-state index >= 15 is 0 Å². The maximum Gasteiger partial charge on any atom is 0.302 e. The van der Waals surface area contributed by atoms with Gasteiger partial charge in [-0.05, 0) is 27.8 Å². The quantitative estimate of drug-likeness (QED) is 0.139. The molecule has 2 aromatic rings. The van der Waals surface area contributed by atoms with E-state index in [2.05, 4.69) is 45.0 Å². The van der Waals surface area contributed by atoms with Gasteiger partial charge in [0.15, 0.2) is 0 Å². The molecule has 9 nitrogen and oxygen atoms in total. The lowest BCUT2D eigenvalue weighted by molar-refractivity contribution is -0.200. The predicted molar refractivity (Wildman–Crippen MR) is 172 cm³/mol. The summed E-state index contributed by atoms with van der Waals surface area (Å²) in [5, 5.41) is 14.8. The van der Waals surface area contributed by atoms with Crippen molar-refractivity contribution in [3.05, 3.63) is 60.7 Å². The minimum atomic E-state index is -3.08. The van der Waals surface area contributed by atoms with Gasteiger partial charge >= 0.3 is 5.97 Å². The molecule has 0 spiro atoms. The summed E-state index contributed by atoms with van der Waals surface area (Å²) in [5.41, 5.74) is -3.09. The second-order valence-corrected chi connectivity index (χ2v) is 17.4. The number of nitrogens with zero attached hydrogens (tertiary/aromatic N) is 1. The Bertz CT molecular complexity index is 1180. The summed E-state index contributed by atoms with van der Waals surface area (Å²) >= 11 is 0. The standard InChI is InChI=1S/C34H51NO8Si/c1-25(21-42-27(3)36)20-30(40-9)34(38)26(2)31(37)35(7)33(34,22-41-24-39-8)23-43-44(32(4,5)6,28-16-12-10-13-17-28)29-18-14-11-15-19-29/h10-19,25-26,30,38H,20-24H2,1-9H3/t25-,26+,30+,33+,34-/m1/s1. The highest BCUT2D eigenvalue weighted by Gasteiger charge is 2.70. The fraction of sp³-hybridized carbons (Fsp3) is 0.588. The zero-order valence-corrected chi connectivity index (χ0v) is 28.8. The molecule has 0 aromatic heterocycles. The highest BCUT2D eigenvalue weighted by atomic mass is 28.4. The number of aliphatic hydroxyl groups is 1. The summed E-state index contributed by atoms with van der Waals surface area (Å²) in [6, 6.07) is 20.4. The molecule has 1 saturated heterocycles. The third-order valence-corrected chi connectivity index (χ3v) is 14.2. The number of benzene rings is 2. The van der Waals surface area contributed by atoms with Crippen molar-refractivity contribution in [2.75, 3.05) is 47.9 Å². The van der Waals surface area contributed by atoms with Crippen molar-refractivity contribution in [1.29, 1.82) is 0 Å². The van der Waals surface area contributed by atoms with Crippen molar-refractivity contribution in [3.8, 4) is 0 Å². The topological polar surface area (TPSA) is 104 Å². The molecule has 0 unspecified atom stereocenters. The highest BCUT2D eigenvalue weighted by Crippen LogP contribution is 2.49. The van der Waals surface area contributed by atoms with Crippen molar-refractivity contribution < 1.29 is 38.1 Å². The van der Waals surface area contributed by atoms with E-state index in [0.717, 1.165) is 10.4 Å². The van der Waals surface area contributed by atoms with Crippen LogP contribution in [-0.4, -0.2) is 95.3 Å². The minimum absolute atomic E-state index is 0.0226. The van der Waals surface area contributed by atoms with Gasteiger partial charge in [0.25, 0.3) is 8.32 Å². The second-order valence-electron chi connectivity index (χ2n) is 13.1. The molecular weight excluding hydrogens is 578 g/mol. The van der Waals surface area contributed by atoms with E-state index in [-0.39, 0.29) is 49.4 Å². The molecule has 0 saturated carbocycles. The first-order valence-corrected chi connectivity index (χ1v) is 17.1. The van der Waals surface area contributed by atoms with Crippen LogP contribution in [0.1, 0.15) is 48.0 Å². The normalized spacial score (nSPS) is 23.9. The largest absolute Gasteiger partial charge is 0.466 e. The van der Waals surface area contributed by atoms with Gasteiger partial charge in [0.2, 0.25) is 5.91 Å². The Kier molecular flexibility index (Phi) is 12.0. The van der Waals surface area contributed by atoms with Crippen LogP contribution < -0.4 is 10.4 Å². The van der Waals surface area contributed by atoms with Crippen LogP contribution in [0.4, 0.5) is 0 Å². The Labute approximate surface area is 263 Å². The summed E-state index contributed by atoms with van der Waals surface area (Å²) in [7, 11) is 1.66.